The van der Waals surface area contributed by atoms with Gasteiger partial charge in [-0.3, -0.25) is 4.79 Å². The van der Waals surface area contributed by atoms with Crippen molar-refractivity contribution in [3.05, 3.63) is 23.8 Å². The van der Waals surface area contributed by atoms with Crippen molar-refractivity contribution in [2.24, 2.45) is 17.8 Å². The predicted octanol–water partition coefficient (Wildman–Crippen LogP) is 4.23. The monoisotopic (exact) mass is 356 g/mol. The first-order chi connectivity index (χ1) is 12.7. The van der Waals surface area contributed by atoms with Crippen LogP contribution in [-0.4, -0.2) is 37.0 Å². The zero-order chi connectivity index (χ0) is 17.9. The lowest BCUT2D eigenvalue weighted by atomic mass is 9.80. The van der Waals surface area contributed by atoms with Crippen LogP contribution in [0.2, 0.25) is 0 Å². The van der Waals surface area contributed by atoms with Crippen LogP contribution in [0.5, 0.6) is 5.75 Å². The quantitative estimate of drug-likeness (QED) is 0.862. The summed E-state index contributed by atoms with van der Waals surface area (Å²) in [7, 11) is 0. The molecule has 0 radical (unpaired) electrons. The van der Waals surface area contributed by atoms with Crippen LogP contribution >= 0.6 is 0 Å². The highest BCUT2D eigenvalue weighted by atomic mass is 16.5. The molecule has 0 aromatic heterocycles. The Labute approximate surface area is 157 Å². The minimum absolute atomic E-state index is 0.140. The third-order valence-corrected chi connectivity index (χ3v) is 6.57. The highest BCUT2D eigenvalue weighted by Crippen LogP contribution is 2.34. The summed E-state index contributed by atoms with van der Waals surface area (Å²) in [6.07, 6.45) is 8.49. The smallest absolute Gasteiger partial charge is 0.224 e. The van der Waals surface area contributed by atoms with Crippen molar-refractivity contribution in [3.8, 4) is 5.75 Å². The van der Waals surface area contributed by atoms with E-state index in [4.69, 9.17) is 4.74 Å². The highest BCUT2D eigenvalue weighted by molar-refractivity contribution is 5.92. The number of aryl methyl sites for hydroxylation is 1. The SMILES string of the molecule is Cc1ccc2c(c1)NC(=O)C[C@@H]1CCN(CC3CCCC3)C[C@@H]1CCO2. The van der Waals surface area contributed by atoms with Gasteiger partial charge in [0, 0.05) is 19.5 Å². The molecule has 1 saturated carbocycles. The number of hydrogen-bond donors (Lipinski definition) is 1. The Morgan fingerprint density at radius 3 is 2.85 bits per heavy atom. The van der Waals surface area contributed by atoms with Crippen molar-refractivity contribution in [2.75, 3.05) is 31.6 Å². The summed E-state index contributed by atoms with van der Waals surface area (Å²) in [5, 5.41) is 3.10. The second-order valence-electron chi connectivity index (χ2n) is 8.61. The van der Waals surface area contributed by atoms with Gasteiger partial charge in [0.15, 0.2) is 0 Å². The van der Waals surface area contributed by atoms with Crippen LogP contribution in [0.25, 0.3) is 0 Å². The number of nitrogens with one attached hydrogen (secondary N) is 1. The van der Waals surface area contributed by atoms with Crippen molar-refractivity contribution in [2.45, 2.75) is 51.9 Å². The van der Waals surface area contributed by atoms with Gasteiger partial charge in [0.25, 0.3) is 0 Å². The molecule has 3 aliphatic rings. The molecule has 1 amide bonds. The second-order valence-corrected chi connectivity index (χ2v) is 8.61. The van der Waals surface area contributed by atoms with Crippen LogP contribution in [0.15, 0.2) is 18.2 Å². The molecule has 1 aliphatic carbocycles. The first-order valence-electron chi connectivity index (χ1n) is 10.4. The molecule has 4 nitrogen and oxygen atoms in total. The fourth-order valence-electron chi connectivity index (χ4n) is 5.10. The minimum atomic E-state index is 0.140. The molecule has 2 aliphatic heterocycles. The number of nitrogens with zero attached hydrogens (tertiary/aromatic N) is 1. The largest absolute Gasteiger partial charge is 0.491 e. The van der Waals surface area contributed by atoms with E-state index in [2.05, 4.69) is 10.2 Å². The Bertz CT molecular complexity index is 639. The van der Waals surface area contributed by atoms with Crippen molar-refractivity contribution in [3.63, 3.8) is 0 Å². The van der Waals surface area contributed by atoms with Crippen LogP contribution in [0.1, 0.15) is 50.5 Å². The van der Waals surface area contributed by atoms with Crippen LogP contribution < -0.4 is 10.1 Å². The fourth-order valence-corrected chi connectivity index (χ4v) is 5.10. The molecule has 0 unspecified atom stereocenters. The third kappa shape index (κ3) is 4.22. The number of benzene rings is 1. The Balaban J connectivity index is 1.43. The molecular formula is C22H32N2O2. The van der Waals surface area contributed by atoms with Gasteiger partial charge < -0.3 is 15.0 Å². The standard InChI is InChI=1S/C22H32N2O2/c1-16-6-7-21-20(12-16)23-22(25)13-18-8-10-24(14-17-4-2-3-5-17)15-19(18)9-11-26-21/h6-7,12,17-19H,2-5,8-11,13-15H2,1H3,(H,23,25)/t18-,19-/m0/s1. The zero-order valence-electron chi connectivity index (χ0n) is 16.0. The normalized spacial score (nSPS) is 28.0. The average molecular weight is 357 g/mol. The van der Waals surface area contributed by atoms with Crippen molar-refractivity contribution < 1.29 is 9.53 Å². The lowest BCUT2D eigenvalue weighted by molar-refractivity contribution is -0.118. The minimum Gasteiger partial charge on any atom is -0.491 e. The number of carbonyl (C=O) groups is 1. The molecule has 4 heteroatoms. The maximum Gasteiger partial charge on any atom is 0.224 e. The topological polar surface area (TPSA) is 41.6 Å². The van der Waals surface area contributed by atoms with E-state index in [0.717, 1.165) is 55.5 Å². The number of piperidine rings is 1. The second kappa shape index (κ2) is 7.99. The molecule has 1 saturated heterocycles. The van der Waals surface area contributed by atoms with Gasteiger partial charge in [-0.2, -0.15) is 0 Å². The van der Waals surface area contributed by atoms with Crippen LogP contribution in [0, 0.1) is 24.7 Å². The van der Waals surface area contributed by atoms with E-state index < -0.39 is 0 Å². The van der Waals surface area contributed by atoms with Crippen LogP contribution in [-0.2, 0) is 4.79 Å². The first kappa shape index (κ1) is 17.8. The van der Waals surface area contributed by atoms with E-state index in [-0.39, 0.29) is 5.91 Å². The number of likely N-dealkylation sites (tertiary alicyclic amines) is 1. The summed E-state index contributed by atoms with van der Waals surface area (Å²) in [6, 6.07) is 6.04. The summed E-state index contributed by atoms with van der Waals surface area (Å²) >= 11 is 0. The van der Waals surface area contributed by atoms with Gasteiger partial charge in [0.2, 0.25) is 5.91 Å². The summed E-state index contributed by atoms with van der Waals surface area (Å²) in [4.78, 5) is 15.3. The van der Waals surface area contributed by atoms with Gasteiger partial charge in [0.05, 0.1) is 12.3 Å². The Morgan fingerprint density at radius 1 is 1.15 bits per heavy atom. The van der Waals surface area contributed by atoms with Crippen molar-refractivity contribution >= 4 is 11.6 Å². The van der Waals surface area contributed by atoms with Gasteiger partial charge in [-0.05, 0) is 74.6 Å². The van der Waals surface area contributed by atoms with E-state index in [1.807, 2.05) is 25.1 Å². The third-order valence-electron chi connectivity index (χ3n) is 6.57. The van der Waals surface area contributed by atoms with E-state index in [1.54, 1.807) is 0 Å². The maximum atomic E-state index is 12.6. The Hall–Kier alpha value is -1.55. The number of hydrogen-bond acceptors (Lipinski definition) is 3. The van der Waals surface area contributed by atoms with Gasteiger partial charge in [-0.1, -0.05) is 18.9 Å². The molecule has 1 N–H and O–H groups in total. The maximum absolute atomic E-state index is 12.6. The fraction of sp³-hybridized carbons (Fsp3) is 0.682. The number of rotatable bonds is 2. The Morgan fingerprint density at radius 2 is 2.00 bits per heavy atom. The average Bonchev–Trinajstić information content (AvgIpc) is 3.11. The molecule has 2 heterocycles. The van der Waals surface area contributed by atoms with Crippen molar-refractivity contribution in [1.29, 1.82) is 0 Å². The van der Waals surface area contributed by atoms with E-state index >= 15 is 0 Å². The molecule has 26 heavy (non-hydrogen) atoms. The molecule has 142 valence electrons. The molecule has 1 aromatic rings. The van der Waals surface area contributed by atoms with E-state index in [9.17, 15) is 4.79 Å². The number of carbonyl (C=O) groups excluding carboxylic acids is 1. The lowest BCUT2D eigenvalue weighted by Crippen LogP contribution is -2.44. The van der Waals surface area contributed by atoms with Gasteiger partial charge in [-0.15, -0.1) is 0 Å². The predicted molar refractivity (Wildman–Crippen MR) is 105 cm³/mol. The number of ether oxygens (including phenoxy) is 1. The van der Waals surface area contributed by atoms with E-state index in [0.29, 0.717) is 18.3 Å². The summed E-state index contributed by atoms with van der Waals surface area (Å²) in [5.41, 5.74) is 1.97. The lowest BCUT2D eigenvalue weighted by Gasteiger charge is -2.40. The molecular weight excluding hydrogens is 324 g/mol. The highest BCUT2D eigenvalue weighted by Gasteiger charge is 2.32. The van der Waals surface area contributed by atoms with Crippen LogP contribution in [0.4, 0.5) is 5.69 Å². The van der Waals surface area contributed by atoms with Gasteiger partial charge in [-0.25, -0.2) is 0 Å². The van der Waals surface area contributed by atoms with Gasteiger partial charge >= 0.3 is 0 Å². The number of anilines is 1. The molecule has 1 aromatic carbocycles. The molecule has 2 fully saturated rings. The Kier molecular flexibility index (Phi) is 5.49. The number of fused-ring (bicyclic) bond motifs is 2. The molecule has 0 bridgehead atoms. The summed E-state index contributed by atoms with van der Waals surface area (Å²) in [5.74, 6) is 2.91. The number of amides is 1. The summed E-state index contributed by atoms with van der Waals surface area (Å²) < 4.78 is 6.05. The molecule has 0 spiro atoms. The summed E-state index contributed by atoms with van der Waals surface area (Å²) in [6.45, 7) is 6.34. The van der Waals surface area contributed by atoms with E-state index in [1.165, 1.54) is 32.2 Å². The zero-order valence-corrected chi connectivity index (χ0v) is 16.0. The molecule has 4 rings (SSSR count). The first-order valence-corrected chi connectivity index (χ1v) is 10.4. The molecule has 2 atom stereocenters. The van der Waals surface area contributed by atoms with Crippen molar-refractivity contribution in [1.82, 2.24) is 4.90 Å². The van der Waals surface area contributed by atoms with Crippen LogP contribution in [0.3, 0.4) is 0 Å². The van der Waals surface area contributed by atoms with Gasteiger partial charge in [0.1, 0.15) is 5.75 Å².